The van der Waals surface area contributed by atoms with Gasteiger partial charge in [-0.25, -0.2) is 0 Å². The third-order valence-corrected chi connectivity index (χ3v) is 4.03. The summed E-state index contributed by atoms with van der Waals surface area (Å²) in [5.74, 6) is 0. The van der Waals surface area contributed by atoms with Gasteiger partial charge in [0.05, 0.1) is 0 Å². The van der Waals surface area contributed by atoms with Crippen molar-refractivity contribution in [2.45, 2.75) is 32.2 Å². The number of rotatable bonds is 7. The highest BCUT2D eigenvalue weighted by molar-refractivity contribution is 9.10. The van der Waals surface area contributed by atoms with Crippen LogP contribution in [0.25, 0.3) is 0 Å². The Morgan fingerprint density at radius 1 is 1.35 bits per heavy atom. The van der Waals surface area contributed by atoms with E-state index in [-0.39, 0.29) is 0 Å². The van der Waals surface area contributed by atoms with E-state index in [1.807, 2.05) is 17.9 Å². The summed E-state index contributed by atoms with van der Waals surface area (Å²) in [7, 11) is 2.01. The SMILES string of the molecule is CCNC(CCc1ccnn1C)Cc1cccc(Br)c1. The Morgan fingerprint density at radius 2 is 2.20 bits per heavy atom. The molecule has 0 bridgehead atoms. The maximum absolute atomic E-state index is 4.23. The molecule has 2 rings (SSSR count). The molecule has 1 heterocycles. The standard InChI is InChI=1S/C16H22BrN3/c1-3-18-15(7-8-16-9-10-19-20(16)2)12-13-5-4-6-14(17)11-13/h4-6,9-11,15,18H,3,7-8,12H2,1-2H3. The monoisotopic (exact) mass is 335 g/mol. The lowest BCUT2D eigenvalue weighted by atomic mass is 10.0. The fraction of sp³-hybridized carbons (Fsp3) is 0.438. The van der Waals surface area contributed by atoms with E-state index in [1.54, 1.807) is 0 Å². The highest BCUT2D eigenvalue weighted by Crippen LogP contribution is 2.15. The molecule has 4 heteroatoms. The molecule has 3 nitrogen and oxygen atoms in total. The van der Waals surface area contributed by atoms with Gasteiger partial charge in [-0.2, -0.15) is 5.10 Å². The van der Waals surface area contributed by atoms with Gasteiger partial charge in [0.25, 0.3) is 0 Å². The van der Waals surface area contributed by atoms with Crippen molar-refractivity contribution in [2.24, 2.45) is 7.05 Å². The first kappa shape index (κ1) is 15.3. The van der Waals surface area contributed by atoms with E-state index in [4.69, 9.17) is 0 Å². The molecular formula is C16H22BrN3. The van der Waals surface area contributed by atoms with Crippen LogP contribution in [0.2, 0.25) is 0 Å². The lowest BCUT2D eigenvalue weighted by Crippen LogP contribution is -2.31. The second-order valence-electron chi connectivity index (χ2n) is 5.07. The lowest BCUT2D eigenvalue weighted by molar-refractivity contribution is 0.484. The maximum Gasteiger partial charge on any atom is 0.0492 e. The fourth-order valence-corrected chi connectivity index (χ4v) is 2.93. The van der Waals surface area contributed by atoms with E-state index in [0.29, 0.717) is 6.04 Å². The summed E-state index contributed by atoms with van der Waals surface area (Å²) in [6.45, 7) is 3.17. The Hall–Kier alpha value is -1.13. The molecule has 0 aliphatic heterocycles. The molecule has 2 aromatic rings. The van der Waals surface area contributed by atoms with Gasteiger partial charge in [-0.15, -0.1) is 0 Å². The molecule has 0 radical (unpaired) electrons. The fourth-order valence-electron chi connectivity index (χ4n) is 2.48. The van der Waals surface area contributed by atoms with E-state index in [2.05, 4.69) is 63.6 Å². The van der Waals surface area contributed by atoms with Crippen LogP contribution >= 0.6 is 15.9 Å². The Labute approximate surface area is 129 Å². The van der Waals surface area contributed by atoms with Crippen LogP contribution < -0.4 is 5.32 Å². The van der Waals surface area contributed by atoms with E-state index in [1.165, 1.54) is 11.3 Å². The Kier molecular flexibility index (Phi) is 5.80. The minimum absolute atomic E-state index is 0.504. The third kappa shape index (κ3) is 4.46. The van der Waals surface area contributed by atoms with Crippen molar-refractivity contribution >= 4 is 15.9 Å². The van der Waals surface area contributed by atoms with E-state index >= 15 is 0 Å². The summed E-state index contributed by atoms with van der Waals surface area (Å²) in [5, 5.41) is 7.81. The molecule has 20 heavy (non-hydrogen) atoms. The zero-order valence-corrected chi connectivity index (χ0v) is 13.7. The van der Waals surface area contributed by atoms with Gasteiger partial charge in [0, 0.05) is 29.5 Å². The summed E-state index contributed by atoms with van der Waals surface area (Å²) in [6.07, 6.45) is 5.11. The van der Waals surface area contributed by atoms with Crippen LogP contribution in [0, 0.1) is 0 Å². The van der Waals surface area contributed by atoms with Gasteiger partial charge in [0.15, 0.2) is 0 Å². The molecule has 1 aromatic carbocycles. The van der Waals surface area contributed by atoms with Crippen molar-refractivity contribution in [3.8, 4) is 0 Å². The molecule has 0 fully saturated rings. The molecular weight excluding hydrogens is 314 g/mol. The number of likely N-dealkylation sites (N-methyl/N-ethyl adjacent to an activating group) is 1. The number of aromatic nitrogens is 2. The largest absolute Gasteiger partial charge is 0.314 e. The average Bonchev–Trinajstić information content (AvgIpc) is 2.82. The molecule has 108 valence electrons. The van der Waals surface area contributed by atoms with Gasteiger partial charge in [0.2, 0.25) is 0 Å². The third-order valence-electron chi connectivity index (χ3n) is 3.54. The molecule has 0 aliphatic rings. The van der Waals surface area contributed by atoms with E-state index in [9.17, 15) is 0 Å². The van der Waals surface area contributed by atoms with Gasteiger partial charge in [-0.05, 0) is 49.6 Å². The molecule has 0 spiro atoms. The van der Waals surface area contributed by atoms with Crippen molar-refractivity contribution in [3.63, 3.8) is 0 Å². The number of halogens is 1. The molecule has 0 aliphatic carbocycles. The number of benzene rings is 1. The normalized spacial score (nSPS) is 12.6. The van der Waals surface area contributed by atoms with Gasteiger partial charge < -0.3 is 5.32 Å². The Bertz CT molecular complexity index is 536. The molecule has 0 saturated heterocycles. The van der Waals surface area contributed by atoms with Crippen molar-refractivity contribution in [2.75, 3.05) is 6.54 Å². The molecule has 1 N–H and O–H groups in total. The van der Waals surface area contributed by atoms with Crippen LogP contribution in [0.4, 0.5) is 0 Å². The number of aryl methyl sites for hydroxylation is 2. The molecule has 0 saturated carbocycles. The minimum atomic E-state index is 0.504. The molecule has 0 amide bonds. The highest BCUT2D eigenvalue weighted by atomic mass is 79.9. The molecule has 1 aromatic heterocycles. The number of hydrogen-bond acceptors (Lipinski definition) is 2. The minimum Gasteiger partial charge on any atom is -0.314 e. The number of nitrogens with zero attached hydrogens (tertiary/aromatic N) is 2. The zero-order valence-electron chi connectivity index (χ0n) is 12.1. The zero-order chi connectivity index (χ0) is 14.4. The highest BCUT2D eigenvalue weighted by Gasteiger charge is 2.10. The quantitative estimate of drug-likeness (QED) is 0.840. The van der Waals surface area contributed by atoms with Crippen LogP contribution in [0.5, 0.6) is 0 Å². The van der Waals surface area contributed by atoms with E-state index < -0.39 is 0 Å². The lowest BCUT2D eigenvalue weighted by Gasteiger charge is -2.18. The van der Waals surface area contributed by atoms with Gasteiger partial charge in [0.1, 0.15) is 0 Å². The van der Waals surface area contributed by atoms with Crippen LogP contribution in [0.1, 0.15) is 24.6 Å². The number of hydrogen-bond donors (Lipinski definition) is 1. The first-order valence-corrected chi connectivity index (χ1v) is 7.93. The summed E-state index contributed by atoms with van der Waals surface area (Å²) < 4.78 is 3.11. The first-order valence-electron chi connectivity index (χ1n) is 7.13. The predicted molar refractivity (Wildman–Crippen MR) is 86.8 cm³/mol. The van der Waals surface area contributed by atoms with Crippen LogP contribution in [-0.2, 0) is 19.9 Å². The summed E-state index contributed by atoms with van der Waals surface area (Å²) in [6, 6.07) is 11.2. The van der Waals surface area contributed by atoms with Crippen LogP contribution in [0.3, 0.4) is 0 Å². The second-order valence-corrected chi connectivity index (χ2v) is 5.99. The second kappa shape index (κ2) is 7.60. The van der Waals surface area contributed by atoms with Crippen LogP contribution in [0.15, 0.2) is 41.0 Å². The summed E-state index contributed by atoms with van der Waals surface area (Å²) in [5.41, 5.74) is 2.66. The molecule has 1 atom stereocenters. The van der Waals surface area contributed by atoms with Gasteiger partial charge in [-0.3, -0.25) is 4.68 Å². The summed E-state index contributed by atoms with van der Waals surface area (Å²) in [4.78, 5) is 0. The van der Waals surface area contributed by atoms with Crippen molar-refractivity contribution < 1.29 is 0 Å². The van der Waals surface area contributed by atoms with E-state index in [0.717, 1.165) is 30.3 Å². The van der Waals surface area contributed by atoms with Gasteiger partial charge >= 0.3 is 0 Å². The Morgan fingerprint density at radius 3 is 2.85 bits per heavy atom. The summed E-state index contributed by atoms with van der Waals surface area (Å²) >= 11 is 3.54. The van der Waals surface area contributed by atoms with Crippen molar-refractivity contribution in [1.29, 1.82) is 0 Å². The van der Waals surface area contributed by atoms with Gasteiger partial charge in [-0.1, -0.05) is 35.0 Å². The molecule has 1 unspecified atom stereocenters. The first-order chi connectivity index (χ1) is 9.69. The van der Waals surface area contributed by atoms with Crippen LogP contribution in [-0.4, -0.2) is 22.4 Å². The van der Waals surface area contributed by atoms with Crippen molar-refractivity contribution in [1.82, 2.24) is 15.1 Å². The Balaban J connectivity index is 1.95. The smallest absolute Gasteiger partial charge is 0.0492 e. The number of nitrogens with one attached hydrogen (secondary N) is 1. The average molecular weight is 336 g/mol. The maximum atomic E-state index is 4.23. The topological polar surface area (TPSA) is 29.9 Å². The van der Waals surface area contributed by atoms with Crippen molar-refractivity contribution in [3.05, 3.63) is 52.3 Å². The predicted octanol–water partition coefficient (Wildman–Crippen LogP) is 3.34.